The highest BCUT2D eigenvalue weighted by Gasteiger charge is 2.17. The summed E-state index contributed by atoms with van der Waals surface area (Å²) in [6.45, 7) is 4.44. The van der Waals surface area contributed by atoms with E-state index in [4.69, 9.17) is 13.9 Å². The predicted molar refractivity (Wildman–Crippen MR) is 101 cm³/mol. The molecule has 1 amide bonds. The Hall–Kier alpha value is -3.00. The van der Waals surface area contributed by atoms with Gasteiger partial charge in [-0.3, -0.25) is 10.1 Å². The maximum atomic E-state index is 12.4. The van der Waals surface area contributed by atoms with E-state index in [9.17, 15) is 4.79 Å². The van der Waals surface area contributed by atoms with Gasteiger partial charge in [-0.15, -0.1) is 16.9 Å². The molecule has 0 aliphatic carbocycles. The topological polar surface area (TPSA) is 86.5 Å². The van der Waals surface area contributed by atoms with Gasteiger partial charge in [-0.2, -0.15) is 0 Å². The Morgan fingerprint density at radius 3 is 2.63 bits per heavy atom. The quantitative estimate of drug-likeness (QED) is 0.660. The standard InChI is InChI=1S/C19H17N3O4S/c1-11(2)27-14-6-3-12(4-7-14)17(23)20-19-22-21-18(26-19)13-5-8-15-16(9-13)25-10-24-15/h3-9,11H,10H2,1-2H3,(H,20,22,23). The van der Waals surface area contributed by atoms with Crippen molar-refractivity contribution in [2.45, 2.75) is 24.0 Å². The number of amides is 1. The van der Waals surface area contributed by atoms with E-state index < -0.39 is 0 Å². The van der Waals surface area contributed by atoms with E-state index >= 15 is 0 Å². The van der Waals surface area contributed by atoms with Crippen molar-refractivity contribution in [1.82, 2.24) is 10.2 Å². The van der Waals surface area contributed by atoms with Crippen molar-refractivity contribution in [1.29, 1.82) is 0 Å². The molecule has 1 aliphatic heterocycles. The third-order valence-corrected chi connectivity index (χ3v) is 4.77. The number of aromatic nitrogens is 2. The van der Waals surface area contributed by atoms with Crippen LogP contribution in [0.5, 0.6) is 11.5 Å². The van der Waals surface area contributed by atoms with E-state index in [2.05, 4.69) is 29.4 Å². The Bertz CT molecular complexity index is 969. The van der Waals surface area contributed by atoms with Gasteiger partial charge in [0.2, 0.25) is 12.7 Å². The van der Waals surface area contributed by atoms with Gasteiger partial charge in [-0.05, 0) is 42.5 Å². The second-order valence-electron chi connectivity index (χ2n) is 6.13. The van der Waals surface area contributed by atoms with Gasteiger partial charge in [0, 0.05) is 21.3 Å². The van der Waals surface area contributed by atoms with Crippen LogP contribution in [0.3, 0.4) is 0 Å². The van der Waals surface area contributed by atoms with Gasteiger partial charge in [0.15, 0.2) is 11.5 Å². The van der Waals surface area contributed by atoms with Crippen molar-refractivity contribution in [3.05, 3.63) is 48.0 Å². The molecule has 1 aliphatic rings. The molecule has 2 heterocycles. The predicted octanol–water partition coefficient (Wildman–Crippen LogP) is 4.22. The van der Waals surface area contributed by atoms with Gasteiger partial charge in [-0.1, -0.05) is 18.9 Å². The first-order chi connectivity index (χ1) is 13.1. The number of nitrogens with one attached hydrogen (secondary N) is 1. The van der Waals surface area contributed by atoms with Crippen molar-refractivity contribution in [3.63, 3.8) is 0 Å². The zero-order valence-electron chi connectivity index (χ0n) is 14.8. The monoisotopic (exact) mass is 383 g/mol. The molecule has 0 saturated carbocycles. The number of carbonyl (C=O) groups excluding carboxylic acids is 1. The van der Waals surface area contributed by atoms with Crippen molar-refractivity contribution in [3.8, 4) is 23.0 Å². The number of rotatable bonds is 5. The Labute approximate surface area is 160 Å². The Balaban J connectivity index is 1.45. The van der Waals surface area contributed by atoms with Gasteiger partial charge in [-0.25, -0.2) is 0 Å². The van der Waals surface area contributed by atoms with Crippen LogP contribution >= 0.6 is 11.8 Å². The van der Waals surface area contributed by atoms with Gasteiger partial charge in [0.25, 0.3) is 5.91 Å². The van der Waals surface area contributed by atoms with Crippen LogP contribution in [0.2, 0.25) is 0 Å². The van der Waals surface area contributed by atoms with Crippen molar-refractivity contribution >= 4 is 23.7 Å². The number of hydrogen-bond acceptors (Lipinski definition) is 7. The van der Waals surface area contributed by atoms with E-state index in [-0.39, 0.29) is 24.6 Å². The SMILES string of the molecule is CC(C)Sc1ccc(C(=O)Nc2nnc(-c3ccc4c(c3)OCO4)o2)cc1. The molecule has 0 radical (unpaired) electrons. The maximum Gasteiger partial charge on any atom is 0.322 e. The molecule has 3 aromatic rings. The largest absolute Gasteiger partial charge is 0.454 e. The molecule has 7 nitrogen and oxygen atoms in total. The zero-order valence-corrected chi connectivity index (χ0v) is 15.6. The molecular formula is C19H17N3O4S. The minimum atomic E-state index is -0.308. The smallest absolute Gasteiger partial charge is 0.322 e. The molecule has 4 rings (SSSR count). The molecule has 1 N–H and O–H groups in total. The second kappa shape index (κ2) is 7.32. The molecule has 0 fully saturated rings. The lowest BCUT2D eigenvalue weighted by molar-refractivity contribution is 0.102. The fraction of sp³-hybridized carbons (Fsp3) is 0.211. The summed E-state index contributed by atoms with van der Waals surface area (Å²) in [5.41, 5.74) is 1.20. The summed E-state index contributed by atoms with van der Waals surface area (Å²) in [5, 5.41) is 11.0. The van der Waals surface area contributed by atoms with Crippen molar-refractivity contribution in [2.24, 2.45) is 0 Å². The van der Waals surface area contributed by atoms with Gasteiger partial charge < -0.3 is 13.9 Å². The van der Waals surface area contributed by atoms with Crippen LogP contribution in [0.25, 0.3) is 11.5 Å². The summed E-state index contributed by atoms with van der Waals surface area (Å²) < 4.78 is 16.2. The van der Waals surface area contributed by atoms with Crippen molar-refractivity contribution < 1.29 is 18.7 Å². The minimum Gasteiger partial charge on any atom is -0.454 e. The maximum absolute atomic E-state index is 12.4. The van der Waals surface area contributed by atoms with Crippen LogP contribution in [0, 0.1) is 0 Å². The number of benzene rings is 2. The number of carbonyl (C=O) groups is 1. The summed E-state index contributed by atoms with van der Waals surface area (Å²) in [6, 6.07) is 12.7. The highest BCUT2D eigenvalue weighted by Crippen LogP contribution is 2.35. The molecule has 0 spiro atoms. The van der Waals surface area contributed by atoms with Gasteiger partial charge in [0.05, 0.1) is 0 Å². The third-order valence-electron chi connectivity index (χ3n) is 3.75. The van der Waals surface area contributed by atoms with Crippen LogP contribution < -0.4 is 14.8 Å². The molecule has 0 saturated heterocycles. The molecule has 0 unspecified atom stereocenters. The first-order valence-electron chi connectivity index (χ1n) is 8.40. The summed E-state index contributed by atoms with van der Waals surface area (Å²) >= 11 is 1.74. The molecule has 27 heavy (non-hydrogen) atoms. The summed E-state index contributed by atoms with van der Waals surface area (Å²) in [6.07, 6.45) is 0. The molecule has 0 bridgehead atoms. The summed E-state index contributed by atoms with van der Waals surface area (Å²) in [5.74, 6) is 1.27. The molecule has 8 heteroatoms. The minimum absolute atomic E-state index is 0.0355. The van der Waals surface area contributed by atoms with Crippen LogP contribution in [-0.4, -0.2) is 28.1 Å². The molecule has 2 aromatic carbocycles. The van der Waals surface area contributed by atoms with Crippen LogP contribution in [0.4, 0.5) is 6.01 Å². The van der Waals surface area contributed by atoms with E-state index in [1.165, 1.54) is 0 Å². The van der Waals surface area contributed by atoms with E-state index in [0.29, 0.717) is 27.9 Å². The molecule has 1 aromatic heterocycles. The van der Waals surface area contributed by atoms with E-state index in [0.717, 1.165) is 4.90 Å². The zero-order chi connectivity index (χ0) is 18.8. The highest BCUT2D eigenvalue weighted by molar-refractivity contribution is 7.99. The first kappa shape index (κ1) is 17.4. The van der Waals surface area contributed by atoms with Gasteiger partial charge >= 0.3 is 6.01 Å². The fourth-order valence-electron chi connectivity index (χ4n) is 2.55. The van der Waals surface area contributed by atoms with E-state index in [1.807, 2.05) is 12.1 Å². The summed E-state index contributed by atoms with van der Waals surface area (Å²) in [7, 11) is 0. The average Bonchev–Trinajstić information content (AvgIpc) is 3.30. The number of fused-ring (bicyclic) bond motifs is 1. The highest BCUT2D eigenvalue weighted by atomic mass is 32.2. The Morgan fingerprint density at radius 1 is 1.07 bits per heavy atom. The van der Waals surface area contributed by atoms with Crippen LogP contribution in [0.15, 0.2) is 51.8 Å². The van der Waals surface area contributed by atoms with Crippen LogP contribution in [-0.2, 0) is 0 Å². The summed E-state index contributed by atoms with van der Waals surface area (Å²) in [4.78, 5) is 13.5. The number of nitrogens with zero attached hydrogens (tertiary/aromatic N) is 2. The van der Waals surface area contributed by atoms with Gasteiger partial charge in [0.1, 0.15) is 0 Å². The molecular weight excluding hydrogens is 366 g/mol. The average molecular weight is 383 g/mol. The third kappa shape index (κ3) is 3.90. The normalized spacial score (nSPS) is 12.4. The lowest BCUT2D eigenvalue weighted by Crippen LogP contribution is -2.11. The number of thioether (sulfide) groups is 1. The number of hydrogen-bond donors (Lipinski definition) is 1. The lowest BCUT2D eigenvalue weighted by atomic mass is 10.2. The lowest BCUT2D eigenvalue weighted by Gasteiger charge is -2.05. The Kier molecular flexibility index (Phi) is 4.72. The molecule has 138 valence electrons. The van der Waals surface area contributed by atoms with E-state index in [1.54, 1.807) is 42.1 Å². The fourth-order valence-corrected chi connectivity index (χ4v) is 3.38. The van der Waals surface area contributed by atoms with Crippen LogP contribution in [0.1, 0.15) is 24.2 Å². The number of ether oxygens (including phenoxy) is 2. The molecule has 0 atom stereocenters. The second-order valence-corrected chi connectivity index (χ2v) is 7.78. The first-order valence-corrected chi connectivity index (χ1v) is 9.28. The van der Waals surface area contributed by atoms with Crippen molar-refractivity contribution in [2.75, 3.05) is 12.1 Å². The number of anilines is 1. The Morgan fingerprint density at radius 2 is 1.85 bits per heavy atom.